The van der Waals surface area contributed by atoms with Gasteiger partial charge in [0.25, 0.3) is 0 Å². The predicted octanol–water partition coefficient (Wildman–Crippen LogP) is 2.20. The van der Waals surface area contributed by atoms with Gasteiger partial charge < -0.3 is 5.32 Å². The zero-order chi connectivity index (χ0) is 10.9. The Balaban J connectivity index is 1.95. The van der Waals surface area contributed by atoms with Crippen LogP contribution < -0.4 is 5.32 Å². The quantitative estimate of drug-likeness (QED) is 0.797. The van der Waals surface area contributed by atoms with Crippen molar-refractivity contribution in [2.45, 2.75) is 38.3 Å². The molecule has 2 fully saturated rings. The number of nitrogens with zero attached hydrogens (tertiary/aromatic N) is 1. The highest BCUT2D eigenvalue weighted by molar-refractivity contribution is 6.25. The minimum atomic E-state index is 0.252. The average molecular weight is 229 g/mol. The molecule has 15 heavy (non-hydrogen) atoms. The summed E-state index contributed by atoms with van der Waals surface area (Å²) in [4.78, 5) is 2.53. The third-order valence-corrected chi connectivity index (χ3v) is 3.85. The monoisotopic (exact) mass is 228 g/mol. The van der Waals surface area contributed by atoms with Gasteiger partial charge in [-0.05, 0) is 32.6 Å². The maximum absolute atomic E-state index is 5.60. The maximum Gasteiger partial charge on any atom is 0.0281 e. The van der Waals surface area contributed by atoms with Crippen LogP contribution in [0, 0.1) is 5.92 Å². The van der Waals surface area contributed by atoms with E-state index >= 15 is 0 Å². The molecule has 0 aromatic carbocycles. The van der Waals surface area contributed by atoms with Crippen molar-refractivity contribution in [3.63, 3.8) is 0 Å². The van der Waals surface area contributed by atoms with E-state index in [0.717, 1.165) is 19.0 Å². The molecule has 1 saturated heterocycles. The summed E-state index contributed by atoms with van der Waals surface area (Å²) < 4.78 is 0. The van der Waals surface area contributed by atoms with Gasteiger partial charge >= 0.3 is 0 Å². The van der Waals surface area contributed by atoms with Crippen LogP contribution in [0.15, 0.2) is 11.6 Å². The molecule has 1 unspecified atom stereocenters. The Morgan fingerprint density at radius 3 is 2.80 bits per heavy atom. The summed E-state index contributed by atoms with van der Waals surface area (Å²) >= 11 is 5.60. The van der Waals surface area contributed by atoms with Gasteiger partial charge in [-0.25, -0.2) is 0 Å². The van der Waals surface area contributed by atoms with Crippen LogP contribution in [0.5, 0.6) is 0 Å². The highest BCUT2D eigenvalue weighted by Gasteiger charge is 2.39. The fourth-order valence-electron chi connectivity index (χ4n) is 2.34. The van der Waals surface area contributed by atoms with Crippen molar-refractivity contribution in [3.8, 4) is 0 Å². The van der Waals surface area contributed by atoms with Crippen LogP contribution in [0.25, 0.3) is 0 Å². The van der Waals surface area contributed by atoms with Gasteiger partial charge in [0.05, 0.1) is 0 Å². The molecule has 2 nitrogen and oxygen atoms in total. The second-order valence-electron chi connectivity index (χ2n) is 5.40. The zero-order valence-corrected chi connectivity index (χ0v) is 10.4. The van der Waals surface area contributed by atoms with E-state index < -0.39 is 0 Å². The van der Waals surface area contributed by atoms with Crippen molar-refractivity contribution in [1.29, 1.82) is 0 Å². The molecule has 86 valence electrons. The molecule has 1 aliphatic carbocycles. The molecule has 1 heterocycles. The number of nitrogens with one attached hydrogen (secondary N) is 1. The zero-order valence-electron chi connectivity index (χ0n) is 9.67. The molecular formula is C12H21ClN2. The van der Waals surface area contributed by atoms with Crippen LogP contribution in [0.3, 0.4) is 0 Å². The largest absolute Gasteiger partial charge is 0.311 e. The Morgan fingerprint density at radius 1 is 1.47 bits per heavy atom. The minimum Gasteiger partial charge on any atom is -0.311 e. The highest BCUT2D eigenvalue weighted by Crippen LogP contribution is 2.35. The lowest BCUT2D eigenvalue weighted by atomic mass is 9.96. The van der Waals surface area contributed by atoms with Crippen LogP contribution in [0.4, 0.5) is 0 Å². The first-order valence-corrected chi connectivity index (χ1v) is 6.31. The third-order valence-electron chi connectivity index (χ3n) is 3.68. The van der Waals surface area contributed by atoms with Gasteiger partial charge in [0.15, 0.2) is 0 Å². The number of halogens is 1. The van der Waals surface area contributed by atoms with Crippen molar-refractivity contribution in [1.82, 2.24) is 10.2 Å². The molecule has 1 aliphatic heterocycles. The van der Waals surface area contributed by atoms with E-state index in [1.807, 2.05) is 6.08 Å². The molecule has 0 radical (unpaired) electrons. The molecule has 0 aromatic rings. The second kappa shape index (κ2) is 4.44. The summed E-state index contributed by atoms with van der Waals surface area (Å²) in [6.07, 6.45) is 4.87. The normalized spacial score (nSPS) is 32.3. The molecule has 1 atom stereocenters. The SMILES string of the molecule is CC1(C)CNC(C2CC2)CN1C/C=C/Cl. The van der Waals surface area contributed by atoms with Gasteiger partial charge in [-0.15, -0.1) is 0 Å². The third kappa shape index (κ3) is 2.74. The van der Waals surface area contributed by atoms with E-state index in [9.17, 15) is 0 Å². The Hall–Kier alpha value is -0.0500. The molecule has 0 bridgehead atoms. The fourth-order valence-corrected chi connectivity index (χ4v) is 2.42. The number of rotatable bonds is 3. The first-order chi connectivity index (χ1) is 7.13. The van der Waals surface area contributed by atoms with Gasteiger partial charge in [-0.1, -0.05) is 17.7 Å². The summed E-state index contributed by atoms with van der Waals surface area (Å²) in [5.74, 6) is 0.934. The lowest BCUT2D eigenvalue weighted by Crippen LogP contribution is -2.62. The molecule has 0 spiro atoms. The van der Waals surface area contributed by atoms with Crippen molar-refractivity contribution in [2.75, 3.05) is 19.6 Å². The lowest BCUT2D eigenvalue weighted by molar-refractivity contribution is 0.0728. The Morgan fingerprint density at radius 2 is 2.20 bits per heavy atom. The van der Waals surface area contributed by atoms with Gasteiger partial charge in [0.1, 0.15) is 0 Å². The summed E-state index contributed by atoms with van der Waals surface area (Å²) in [5.41, 5.74) is 1.88. The first-order valence-electron chi connectivity index (χ1n) is 5.87. The summed E-state index contributed by atoms with van der Waals surface area (Å²) in [7, 11) is 0. The van der Waals surface area contributed by atoms with Crippen molar-refractivity contribution in [3.05, 3.63) is 11.6 Å². The van der Waals surface area contributed by atoms with Crippen LogP contribution >= 0.6 is 11.6 Å². The van der Waals surface area contributed by atoms with E-state index in [-0.39, 0.29) is 5.54 Å². The van der Waals surface area contributed by atoms with Crippen molar-refractivity contribution >= 4 is 11.6 Å². The molecule has 2 aliphatic rings. The van der Waals surface area contributed by atoms with Crippen molar-refractivity contribution in [2.24, 2.45) is 5.92 Å². The smallest absolute Gasteiger partial charge is 0.0281 e. The summed E-state index contributed by atoms with van der Waals surface area (Å²) in [5, 5.41) is 3.68. The average Bonchev–Trinajstić information content (AvgIpc) is 2.99. The van der Waals surface area contributed by atoms with Gasteiger partial charge in [-0.3, -0.25) is 4.90 Å². The van der Waals surface area contributed by atoms with Gasteiger partial charge in [0, 0.05) is 36.8 Å². The van der Waals surface area contributed by atoms with Gasteiger partial charge in [0.2, 0.25) is 0 Å². The van der Waals surface area contributed by atoms with Gasteiger partial charge in [-0.2, -0.15) is 0 Å². The standard InChI is InChI=1S/C12H21ClN2/c1-12(2)9-14-11(10-4-5-10)8-15(12)7-3-6-13/h3,6,10-11,14H,4-5,7-9H2,1-2H3/b6-3+. The Bertz CT molecular complexity index is 246. The molecule has 1 saturated carbocycles. The van der Waals surface area contributed by atoms with Crippen LogP contribution in [0.1, 0.15) is 26.7 Å². The van der Waals surface area contributed by atoms with E-state index in [0.29, 0.717) is 6.04 Å². The first kappa shape index (κ1) is 11.4. The number of piperazine rings is 1. The summed E-state index contributed by atoms with van der Waals surface area (Å²) in [6, 6.07) is 0.710. The molecular weight excluding hydrogens is 208 g/mol. The van der Waals surface area contributed by atoms with Crippen molar-refractivity contribution < 1.29 is 0 Å². The van der Waals surface area contributed by atoms with E-state index in [1.165, 1.54) is 19.4 Å². The Labute approximate surface area is 97.7 Å². The lowest BCUT2D eigenvalue weighted by Gasteiger charge is -2.46. The van der Waals surface area contributed by atoms with E-state index in [4.69, 9.17) is 11.6 Å². The topological polar surface area (TPSA) is 15.3 Å². The fraction of sp³-hybridized carbons (Fsp3) is 0.833. The Kier molecular flexibility index (Phi) is 3.39. The molecule has 2 rings (SSSR count). The molecule has 3 heteroatoms. The van der Waals surface area contributed by atoms with E-state index in [2.05, 4.69) is 24.1 Å². The van der Waals surface area contributed by atoms with Crippen LogP contribution in [-0.2, 0) is 0 Å². The molecule has 0 amide bonds. The summed E-state index contributed by atoms with van der Waals surface area (Å²) in [6.45, 7) is 7.82. The number of hydrogen-bond donors (Lipinski definition) is 1. The van der Waals surface area contributed by atoms with Crippen LogP contribution in [-0.4, -0.2) is 36.1 Å². The number of hydrogen-bond acceptors (Lipinski definition) is 2. The minimum absolute atomic E-state index is 0.252. The maximum atomic E-state index is 5.60. The second-order valence-corrected chi connectivity index (χ2v) is 5.66. The van der Waals surface area contributed by atoms with E-state index in [1.54, 1.807) is 5.54 Å². The predicted molar refractivity (Wildman–Crippen MR) is 65.2 cm³/mol. The van der Waals surface area contributed by atoms with Crippen LogP contribution in [0.2, 0.25) is 0 Å². The molecule has 1 N–H and O–H groups in total. The highest BCUT2D eigenvalue weighted by atomic mass is 35.5. The molecule has 0 aromatic heterocycles.